The molecule has 0 spiro atoms. The average Bonchev–Trinajstić information content (AvgIpc) is 3.09. The first kappa shape index (κ1) is 18.8. The van der Waals surface area contributed by atoms with Crippen molar-refractivity contribution in [2.45, 2.75) is 13.8 Å². The van der Waals surface area contributed by atoms with Gasteiger partial charge in [0.2, 0.25) is 5.91 Å². The molecule has 0 atom stereocenters. The number of nitrogens with zero attached hydrogens (tertiary/aromatic N) is 2. The minimum absolute atomic E-state index is 0.440. The maximum Gasteiger partial charge on any atom is 0.249 e. The van der Waals surface area contributed by atoms with E-state index in [0.29, 0.717) is 22.0 Å². The maximum absolute atomic E-state index is 11.8. The molecule has 5 nitrogen and oxygen atoms in total. The molecule has 1 amide bonds. The Morgan fingerprint density at radius 3 is 2.41 bits per heavy atom. The van der Waals surface area contributed by atoms with Crippen LogP contribution in [0.25, 0.3) is 33.0 Å². The minimum atomic E-state index is -0.481. The molecule has 0 aliphatic heterocycles. The highest BCUT2D eigenvalue weighted by molar-refractivity contribution is 7.19. The quantitative estimate of drug-likeness (QED) is 0.512. The summed E-state index contributed by atoms with van der Waals surface area (Å²) in [6, 6.07) is 17.4. The van der Waals surface area contributed by atoms with E-state index in [9.17, 15) is 4.79 Å². The second kappa shape index (κ2) is 7.48. The van der Waals surface area contributed by atoms with Gasteiger partial charge in [-0.3, -0.25) is 9.78 Å². The molecule has 4 aromatic rings. The van der Waals surface area contributed by atoms with Gasteiger partial charge in [0.25, 0.3) is 0 Å². The van der Waals surface area contributed by atoms with Gasteiger partial charge in [0.15, 0.2) is 5.13 Å². The number of aryl methyl sites for hydroxylation is 2. The van der Waals surface area contributed by atoms with E-state index in [1.165, 1.54) is 22.5 Å². The Bertz CT molecular complexity index is 1210. The number of nitrogens with two attached hydrogens (primary N) is 2. The van der Waals surface area contributed by atoms with Gasteiger partial charge in [-0.1, -0.05) is 46.7 Å². The molecule has 144 valence electrons. The van der Waals surface area contributed by atoms with Gasteiger partial charge < -0.3 is 11.5 Å². The zero-order valence-corrected chi connectivity index (χ0v) is 17.0. The number of amides is 1. The number of hydrogen-bond donors (Lipinski definition) is 2. The van der Waals surface area contributed by atoms with E-state index >= 15 is 0 Å². The zero-order chi connectivity index (χ0) is 20.5. The SMILES string of the molecule is Cc1cc(C)cc(-c2nc(N)sc2-c2ccnc(-c3ccccc3C(N)=O)c2)c1. The van der Waals surface area contributed by atoms with Crippen molar-refractivity contribution in [1.29, 1.82) is 0 Å². The summed E-state index contributed by atoms with van der Waals surface area (Å²) in [5, 5.41) is 0.505. The first-order valence-corrected chi connectivity index (χ1v) is 9.94. The Balaban J connectivity index is 1.86. The van der Waals surface area contributed by atoms with E-state index in [1.54, 1.807) is 18.3 Å². The van der Waals surface area contributed by atoms with Crippen molar-refractivity contribution in [2.75, 3.05) is 5.73 Å². The molecule has 0 bridgehead atoms. The first-order valence-electron chi connectivity index (χ1n) is 9.13. The molecule has 0 unspecified atom stereocenters. The highest BCUT2D eigenvalue weighted by atomic mass is 32.1. The van der Waals surface area contributed by atoms with E-state index in [2.05, 4.69) is 42.0 Å². The van der Waals surface area contributed by atoms with Gasteiger partial charge in [-0.05, 0) is 49.7 Å². The Hall–Kier alpha value is -3.51. The summed E-state index contributed by atoms with van der Waals surface area (Å²) in [5.41, 5.74) is 18.6. The fourth-order valence-corrected chi connectivity index (χ4v) is 4.33. The van der Waals surface area contributed by atoms with Crippen LogP contribution in [0.15, 0.2) is 60.8 Å². The van der Waals surface area contributed by atoms with Crippen molar-refractivity contribution in [1.82, 2.24) is 9.97 Å². The van der Waals surface area contributed by atoms with E-state index in [0.717, 1.165) is 21.7 Å². The summed E-state index contributed by atoms with van der Waals surface area (Å²) in [4.78, 5) is 21.8. The lowest BCUT2D eigenvalue weighted by Gasteiger charge is -2.09. The number of anilines is 1. The summed E-state index contributed by atoms with van der Waals surface area (Å²) >= 11 is 1.44. The molecule has 0 fully saturated rings. The van der Waals surface area contributed by atoms with Crippen molar-refractivity contribution >= 4 is 22.4 Å². The van der Waals surface area contributed by atoms with Crippen molar-refractivity contribution in [3.63, 3.8) is 0 Å². The molecule has 2 aromatic heterocycles. The number of carbonyl (C=O) groups is 1. The summed E-state index contributed by atoms with van der Waals surface area (Å²) in [6.45, 7) is 4.13. The second-order valence-electron chi connectivity index (χ2n) is 6.95. The lowest BCUT2D eigenvalue weighted by Crippen LogP contribution is -2.12. The molecule has 0 saturated heterocycles. The normalized spacial score (nSPS) is 10.8. The Morgan fingerprint density at radius 1 is 0.966 bits per heavy atom. The van der Waals surface area contributed by atoms with Gasteiger partial charge in [-0.2, -0.15) is 0 Å². The Kier molecular flexibility index (Phi) is 4.86. The molecule has 4 N–H and O–H groups in total. The number of pyridine rings is 1. The maximum atomic E-state index is 11.8. The fraction of sp³-hybridized carbons (Fsp3) is 0.0870. The molecule has 2 aromatic carbocycles. The van der Waals surface area contributed by atoms with Crippen molar-refractivity contribution in [3.8, 4) is 33.0 Å². The molecule has 0 aliphatic carbocycles. The molecule has 29 heavy (non-hydrogen) atoms. The molecular formula is C23H20N4OS. The van der Waals surface area contributed by atoms with Gasteiger partial charge in [0.05, 0.1) is 16.3 Å². The molecule has 0 aliphatic rings. The van der Waals surface area contributed by atoms with Gasteiger partial charge >= 0.3 is 0 Å². The number of aromatic nitrogens is 2. The highest BCUT2D eigenvalue weighted by Crippen LogP contribution is 2.39. The summed E-state index contributed by atoms with van der Waals surface area (Å²) in [7, 11) is 0. The van der Waals surface area contributed by atoms with E-state index in [1.807, 2.05) is 24.3 Å². The molecular weight excluding hydrogens is 380 g/mol. The third-order valence-corrected chi connectivity index (χ3v) is 5.56. The van der Waals surface area contributed by atoms with Crippen LogP contribution in [-0.2, 0) is 0 Å². The predicted octanol–water partition coefficient (Wildman–Crippen LogP) is 4.84. The highest BCUT2D eigenvalue weighted by Gasteiger charge is 2.17. The third kappa shape index (κ3) is 3.75. The molecule has 6 heteroatoms. The van der Waals surface area contributed by atoms with Gasteiger partial charge in [-0.25, -0.2) is 4.98 Å². The lowest BCUT2D eigenvalue weighted by molar-refractivity contribution is 0.100. The van der Waals surface area contributed by atoms with Gasteiger partial charge in [0.1, 0.15) is 0 Å². The fourth-order valence-electron chi connectivity index (χ4n) is 3.48. The van der Waals surface area contributed by atoms with Crippen LogP contribution in [0.2, 0.25) is 0 Å². The lowest BCUT2D eigenvalue weighted by atomic mass is 10.00. The molecule has 0 saturated carbocycles. The van der Waals surface area contributed by atoms with E-state index in [4.69, 9.17) is 11.5 Å². The average molecular weight is 401 g/mol. The zero-order valence-electron chi connectivity index (χ0n) is 16.1. The number of thiazole rings is 1. The van der Waals surface area contributed by atoms with Gasteiger partial charge in [-0.15, -0.1) is 0 Å². The molecule has 4 rings (SSSR count). The number of carbonyl (C=O) groups excluding carboxylic acids is 1. The number of benzene rings is 2. The van der Waals surface area contributed by atoms with Crippen LogP contribution in [0.1, 0.15) is 21.5 Å². The summed E-state index contributed by atoms with van der Waals surface area (Å²) < 4.78 is 0. The predicted molar refractivity (Wildman–Crippen MR) is 119 cm³/mol. The number of primary amides is 1. The van der Waals surface area contributed by atoms with Crippen LogP contribution in [0, 0.1) is 13.8 Å². The van der Waals surface area contributed by atoms with Crippen LogP contribution in [-0.4, -0.2) is 15.9 Å². The van der Waals surface area contributed by atoms with Crippen LogP contribution in [0.3, 0.4) is 0 Å². The topological polar surface area (TPSA) is 94.9 Å². The summed E-state index contributed by atoms with van der Waals surface area (Å²) in [6.07, 6.45) is 1.73. The first-order chi connectivity index (χ1) is 13.9. The Morgan fingerprint density at radius 2 is 1.69 bits per heavy atom. The van der Waals surface area contributed by atoms with Crippen molar-refractivity contribution in [2.24, 2.45) is 5.73 Å². The molecule has 0 radical (unpaired) electrons. The van der Waals surface area contributed by atoms with Crippen molar-refractivity contribution < 1.29 is 4.79 Å². The summed E-state index contributed by atoms with van der Waals surface area (Å²) in [5.74, 6) is -0.481. The van der Waals surface area contributed by atoms with Crippen LogP contribution >= 0.6 is 11.3 Å². The second-order valence-corrected chi connectivity index (χ2v) is 7.98. The van der Waals surface area contributed by atoms with Gasteiger partial charge in [0, 0.05) is 22.9 Å². The van der Waals surface area contributed by atoms with Crippen molar-refractivity contribution in [3.05, 3.63) is 77.5 Å². The van der Waals surface area contributed by atoms with E-state index < -0.39 is 5.91 Å². The van der Waals surface area contributed by atoms with Crippen LogP contribution in [0.5, 0.6) is 0 Å². The standard InChI is InChI=1S/C23H20N4OS/c1-13-9-14(2)11-16(10-13)20-21(29-23(25)27-20)15-7-8-26-19(12-15)17-5-3-4-6-18(17)22(24)28/h3-12H,1-2H3,(H2,24,28)(H2,25,27). The Labute approximate surface area is 173 Å². The number of hydrogen-bond acceptors (Lipinski definition) is 5. The molecule has 2 heterocycles. The number of rotatable bonds is 4. The largest absolute Gasteiger partial charge is 0.375 e. The van der Waals surface area contributed by atoms with Crippen LogP contribution < -0.4 is 11.5 Å². The van der Waals surface area contributed by atoms with E-state index in [-0.39, 0.29) is 0 Å². The minimum Gasteiger partial charge on any atom is -0.375 e. The monoisotopic (exact) mass is 400 g/mol. The van der Waals surface area contributed by atoms with Crippen LogP contribution in [0.4, 0.5) is 5.13 Å². The number of nitrogen functional groups attached to an aromatic ring is 1. The third-order valence-electron chi connectivity index (χ3n) is 4.63. The smallest absolute Gasteiger partial charge is 0.249 e.